The minimum atomic E-state index is -0.260. The van der Waals surface area contributed by atoms with Gasteiger partial charge in [-0.25, -0.2) is 9.97 Å². The normalized spacial score (nSPS) is 10.9. The molecule has 0 aliphatic rings. The van der Waals surface area contributed by atoms with Crippen molar-refractivity contribution in [3.63, 3.8) is 0 Å². The van der Waals surface area contributed by atoms with E-state index < -0.39 is 0 Å². The third-order valence-electron chi connectivity index (χ3n) is 3.90. The Bertz CT molecular complexity index is 1070. The maximum absolute atomic E-state index is 12.6. The minimum absolute atomic E-state index is 0.140. The van der Waals surface area contributed by atoms with E-state index in [1.165, 1.54) is 0 Å². The van der Waals surface area contributed by atoms with E-state index in [4.69, 9.17) is 5.73 Å². The van der Waals surface area contributed by atoms with Crippen molar-refractivity contribution in [3.05, 3.63) is 59.4 Å². The fourth-order valence-corrected chi connectivity index (χ4v) is 2.36. The molecule has 3 rings (SSSR count). The summed E-state index contributed by atoms with van der Waals surface area (Å²) in [6, 6.07) is 3.55. The number of anilines is 2. The number of amides is 1. The van der Waals surface area contributed by atoms with Crippen LogP contribution in [-0.4, -0.2) is 30.6 Å². The topological polar surface area (TPSA) is 112 Å². The zero-order chi connectivity index (χ0) is 20.3. The molecule has 3 aromatic rings. The van der Waals surface area contributed by atoms with E-state index in [0.29, 0.717) is 22.5 Å². The molecular formula is C20H21N7O. The molecule has 0 aromatic carbocycles. The zero-order valence-electron chi connectivity index (χ0n) is 16.2. The highest BCUT2D eigenvalue weighted by molar-refractivity contribution is 6.03. The van der Waals surface area contributed by atoms with Gasteiger partial charge in [0.15, 0.2) is 0 Å². The highest BCUT2D eigenvalue weighted by Gasteiger charge is 2.21. The number of hydrogen-bond acceptors (Lipinski definition) is 6. The van der Waals surface area contributed by atoms with Crippen molar-refractivity contribution in [1.29, 1.82) is 0 Å². The largest absolute Gasteiger partial charge is 0.368 e. The monoisotopic (exact) mass is 375 g/mol. The lowest BCUT2D eigenvalue weighted by Gasteiger charge is -2.13. The molecule has 3 aromatic heterocycles. The molecule has 0 unspecified atom stereocenters. The Hall–Kier alpha value is -3.73. The molecule has 28 heavy (non-hydrogen) atoms. The van der Waals surface area contributed by atoms with Crippen LogP contribution in [0, 0.1) is 11.8 Å². The first-order valence-corrected chi connectivity index (χ1v) is 8.63. The standard InChI is InChI=1S/C20H21N7O/c1-20(2,3)17-8-16(27(4)26-17)18(28)25-15-7-13(9-22-12-15)5-6-14-10-23-19(21)24-11-14/h7-12H,1-4H3,(H,25,28)(H2,21,23,24). The summed E-state index contributed by atoms with van der Waals surface area (Å²) in [5.74, 6) is 5.84. The van der Waals surface area contributed by atoms with Crippen molar-refractivity contribution < 1.29 is 4.79 Å². The fraction of sp³-hybridized carbons (Fsp3) is 0.250. The van der Waals surface area contributed by atoms with Crippen molar-refractivity contribution in [1.82, 2.24) is 24.7 Å². The molecule has 0 saturated heterocycles. The summed E-state index contributed by atoms with van der Waals surface area (Å²) in [6.07, 6.45) is 6.27. The summed E-state index contributed by atoms with van der Waals surface area (Å²) < 4.78 is 1.58. The molecule has 0 fully saturated rings. The Morgan fingerprint density at radius 2 is 1.75 bits per heavy atom. The van der Waals surface area contributed by atoms with Gasteiger partial charge in [-0.15, -0.1) is 0 Å². The van der Waals surface area contributed by atoms with Crippen LogP contribution in [0.1, 0.15) is 48.1 Å². The number of aromatic nitrogens is 5. The average molecular weight is 375 g/mol. The predicted molar refractivity (Wildman–Crippen MR) is 107 cm³/mol. The summed E-state index contributed by atoms with van der Waals surface area (Å²) in [5.41, 5.74) is 8.47. The number of nitrogens with one attached hydrogen (secondary N) is 1. The Morgan fingerprint density at radius 3 is 2.39 bits per heavy atom. The van der Waals surface area contributed by atoms with Gasteiger partial charge in [0.1, 0.15) is 5.69 Å². The second kappa shape index (κ2) is 7.48. The van der Waals surface area contributed by atoms with Gasteiger partial charge in [0, 0.05) is 36.6 Å². The number of rotatable bonds is 2. The summed E-state index contributed by atoms with van der Waals surface area (Å²) in [4.78, 5) is 24.6. The van der Waals surface area contributed by atoms with E-state index in [1.54, 1.807) is 48.6 Å². The number of hydrogen-bond donors (Lipinski definition) is 2. The van der Waals surface area contributed by atoms with Gasteiger partial charge in [-0.1, -0.05) is 32.6 Å². The van der Waals surface area contributed by atoms with Gasteiger partial charge < -0.3 is 11.1 Å². The summed E-state index contributed by atoms with van der Waals surface area (Å²) in [7, 11) is 1.75. The number of pyridine rings is 1. The third kappa shape index (κ3) is 4.51. The Balaban J connectivity index is 1.77. The minimum Gasteiger partial charge on any atom is -0.368 e. The van der Waals surface area contributed by atoms with Crippen LogP contribution in [0.2, 0.25) is 0 Å². The number of aryl methyl sites for hydroxylation is 1. The van der Waals surface area contributed by atoms with E-state index in [2.05, 4.69) is 58.0 Å². The molecule has 0 bridgehead atoms. The third-order valence-corrected chi connectivity index (χ3v) is 3.90. The van der Waals surface area contributed by atoms with Crippen molar-refractivity contribution >= 4 is 17.5 Å². The first-order chi connectivity index (χ1) is 13.2. The molecule has 3 N–H and O–H groups in total. The number of nitrogens with two attached hydrogens (primary N) is 1. The van der Waals surface area contributed by atoms with Gasteiger partial charge in [-0.05, 0) is 12.1 Å². The highest BCUT2D eigenvalue weighted by atomic mass is 16.2. The molecule has 0 spiro atoms. The maximum Gasteiger partial charge on any atom is 0.273 e. The first-order valence-electron chi connectivity index (χ1n) is 8.63. The van der Waals surface area contributed by atoms with Crippen LogP contribution in [0.5, 0.6) is 0 Å². The van der Waals surface area contributed by atoms with Crippen LogP contribution in [0.4, 0.5) is 11.6 Å². The van der Waals surface area contributed by atoms with Gasteiger partial charge in [0.05, 0.1) is 23.1 Å². The summed E-state index contributed by atoms with van der Waals surface area (Å²) >= 11 is 0. The molecule has 142 valence electrons. The zero-order valence-corrected chi connectivity index (χ0v) is 16.2. The molecule has 3 heterocycles. The van der Waals surface area contributed by atoms with Crippen molar-refractivity contribution in [2.24, 2.45) is 7.05 Å². The van der Waals surface area contributed by atoms with Crippen LogP contribution in [0.15, 0.2) is 36.9 Å². The van der Waals surface area contributed by atoms with Crippen LogP contribution in [-0.2, 0) is 12.5 Å². The fourth-order valence-electron chi connectivity index (χ4n) is 2.36. The first kappa shape index (κ1) is 19.0. The van der Waals surface area contributed by atoms with Crippen molar-refractivity contribution in [2.45, 2.75) is 26.2 Å². The summed E-state index contributed by atoms with van der Waals surface area (Å²) in [6.45, 7) is 6.15. The lowest BCUT2D eigenvalue weighted by molar-refractivity contribution is 0.101. The SMILES string of the molecule is Cn1nc(C(C)(C)C)cc1C(=O)Nc1cncc(C#Cc2cnc(N)nc2)c1. The van der Waals surface area contributed by atoms with Crippen LogP contribution >= 0.6 is 0 Å². The van der Waals surface area contributed by atoms with Gasteiger partial charge >= 0.3 is 0 Å². The Labute approximate surface area is 163 Å². The van der Waals surface area contributed by atoms with Crippen molar-refractivity contribution in [3.8, 4) is 11.8 Å². The Kier molecular flexibility index (Phi) is 5.09. The molecule has 0 aliphatic heterocycles. The molecule has 1 amide bonds. The van der Waals surface area contributed by atoms with Gasteiger partial charge in [0.2, 0.25) is 5.95 Å². The van der Waals surface area contributed by atoms with E-state index in [9.17, 15) is 4.79 Å². The lowest BCUT2D eigenvalue weighted by atomic mass is 9.92. The Morgan fingerprint density at radius 1 is 1.07 bits per heavy atom. The average Bonchev–Trinajstić information content (AvgIpc) is 3.04. The number of carbonyl (C=O) groups excluding carboxylic acids is 1. The summed E-state index contributed by atoms with van der Waals surface area (Å²) in [5, 5.41) is 7.27. The van der Waals surface area contributed by atoms with Crippen LogP contribution in [0.3, 0.4) is 0 Å². The highest BCUT2D eigenvalue weighted by Crippen LogP contribution is 2.21. The molecular weight excluding hydrogens is 354 g/mol. The molecule has 0 saturated carbocycles. The lowest BCUT2D eigenvalue weighted by Crippen LogP contribution is -2.16. The number of nitrogen functional groups attached to an aromatic ring is 1. The molecule has 8 heteroatoms. The molecule has 0 aliphatic carbocycles. The predicted octanol–water partition coefficient (Wildman–Crippen LogP) is 2.14. The van der Waals surface area contributed by atoms with Gasteiger partial charge in [-0.2, -0.15) is 5.10 Å². The molecule has 0 atom stereocenters. The van der Waals surface area contributed by atoms with E-state index in [0.717, 1.165) is 5.69 Å². The molecule has 0 radical (unpaired) electrons. The van der Waals surface area contributed by atoms with Gasteiger partial charge in [0.25, 0.3) is 5.91 Å². The second-order valence-corrected chi connectivity index (χ2v) is 7.28. The second-order valence-electron chi connectivity index (χ2n) is 7.28. The van der Waals surface area contributed by atoms with Crippen molar-refractivity contribution in [2.75, 3.05) is 11.1 Å². The number of nitrogens with zero attached hydrogens (tertiary/aromatic N) is 5. The number of carbonyl (C=O) groups is 1. The van der Waals surface area contributed by atoms with Crippen LogP contribution in [0.25, 0.3) is 0 Å². The smallest absolute Gasteiger partial charge is 0.273 e. The van der Waals surface area contributed by atoms with E-state index in [-0.39, 0.29) is 17.3 Å². The van der Waals surface area contributed by atoms with E-state index in [1.807, 2.05) is 0 Å². The quantitative estimate of drug-likeness (QED) is 0.664. The van der Waals surface area contributed by atoms with Gasteiger partial charge in [-0.3, -0.25) is 14.5 Å². The maximum atomic E-state index is 12.6. The van der Waals surface area contributed by atoms with Crippen LogP contribution < -0.4 is 11.1 Å². The molecule has 8 nitrogen and oxygen atoms in total. The van der Waals surface area contributed by atoms with E-state index >= 15 is 0 Å².